The third-order valence-electron chi connectivity index (χ3n) is 3.73. The van der Waals surface area contributed by atoms with Crippen molar-refractivity contribution in [3.05, 3.63) is 34.3 Å². The Morgan fingerprint density at radius 3 is 2.59 bits per heavy atom. The maximum absolute atomic E-state index is 3.63. The first-order chi connectivity index (χ1) is 8.24. The van der Waals surface area contributed by atoms with E-state index in [-0.39, 0.29) is 0 Å². The molecule has 1 aliphatic carbocycles. The number of hydrogen-bond donors (Lipinski definition) is 1. The van der Waals surface area contributed by atoms with Crippen molar-refractivity contribution in [3.63, 3.8) is 0 Å². The van der Waals surface area contributed by atoms with Crippen molar-refractivity contribution >= 4 is 15.9 Å². The molecule has 94 valence electrons. The summed E-state index contributed by atoms with van der Waals surface area (Å²) in [4.78, 5) is 0. The Labute approximate surface area is 113 Å². The highest BCUT2D eigenvalue weighted by molar-refractivity contribution is 9.10. The minimum Gasteiger partial charge on any atom is -0.314 e. The van der Waals surface area contributed by atoms with Crippen LogP contribution in [0.4, 0.5) is 0 Å². The van der Waals surface area contributed by atoms with Crippen LogP contribution in [0.3, 0.4) is 0 Å². The standard InChI is InChI=1S/C15H22BrN/c1-12(17-10-9-13-3-2-4-13)11-14-5-7-15(16)8-6-14/h5-8,12-13,17H,2-4,9-11H2,1H3. The fraction of sp³-hybridized carbons (Fsp3) is 0.600. The Bertz CT molecular complexity index is 329. The van der Waals surface area contributed by atoms with Gasteiger partial charge < -0.3 is 5.32 Å². The molecule has 0 amide bonds. The van der Waals surface area contributed by atoms with Crippen LogP contribution in [0.2, 0.25) is 0 Å². The highest BCUT2D eigenvalue weighted by Gasteiger charge is 2.16. The van der Waals surface area contributed by atoms with Crippen molar-refractivity contribution in [2.24, 2.45) is 5.92 Å². The summed E-state index contributed by atoms with van der Waals surface area (Å²) >= 11 is 3.47. The second-order valence-corrected chi connectivity index (χ2v) is 6.19. The van der Waals surface area contributed by atoms with Crippen LogP contribution in [0, 0.1) is 5.92 Å². The Kier molecular flexibility index (Phi) is 5.05. The molecule has 1 nitrogen and oxygen atoms in total. The molecule has 1 fully saturated rings. The summed E-state index contributed by atoms with van der Waals surface area (Å²) < 4.78 is 1.16. The first-order valence-corrected chi connectivity index (χ1v) is 7.51. The summed E-state index contributed by atoms with van der Waals surface area (Å²) in [5.41, 5.74) is 1.41. The van der Waals surface area contributed by atoms with Crippen molar-refractivity contribution in [2.45, 2.75) is 45.1 Å². The third kappa shape index (κ3) is 4.44. The molecule has 1 N–H and O–H groups in total. The van der Waals surface area contributed by atoms with E-state index in [0.717, 1.165) is 16.8 Å². The van der Waals surface area contributed by atoms with E-state index < -0.39 is 0 Å². The van der Waals surface area contributed by atoms with Crippen molar-refractivity contribution < 1.29 is 0 Å². The lowest BCUT2D eigenvalue weighted by Crippen LogP contribution is -2.30. The van der Waals surface area contributed by atoms with Gasteiger partial charge >= 0.3 is 0 Å². The van der Waals surface area contributed by atoms with Gasteiger partial charge in [-0.05, 0) is 49.9 Å². The largest absolute Gasteiger partial charge is 0.314 e. The highest BCUT2D eigenvalue weighted by Crippen LogP contribution is 2.28. The molecule has 1 aromatic rings. The Balaban J connectivity index is 1.65. The smallest absolute Gasteiger partial charge is 0.0175 e. The van der Waals surface area contributed by atoms with Gasteiger partial charge in [-0.2, -0.15) is 0 Å². The summed E-state index contributed by atoms with van der Waals surface area (Å²) in [5, 5.41) is 3.63. The van der Waals surface area contributed by atoms with Gasteiger partial charge in [0.15, 0.2) is 0 Å². The van der Waals surface area contributed by atoms with Crippen LogP contribution >= 0.6 is 15.9 Å². The molecule has 1 saturated carbocycles. The van der Waals surface area contributed by atoms with E-state index in [1.807, 2.05) is 0 Å². The molecule has 0 saturated heterocycles. The zero-order valence-corrected chi connectivity index (χ0v) is 12.2. The molecule has 0 radical (unpaired) electrons. The normalized spacial score (nSPS) is 17.8. The van der Waals surface area contributed by atoms with Gasteiger partial charge in [-0.3, -0.25) is 0 Å². The van der Waals surface area contributed by atoms with Crippen LogP contribution in [-0.2, 0) is 6.42 Å². The quantitative estimate of drug-likeness (QED) is 0.831. The lowest BCUT2D eigenvalue weighted by Gasteiger charge is -2.26. The zero-order chi connectivity index (χ0) is 12.1. The Morgan fingerprint density at radius 2 is 2.00 bits per heavy atom. The molecule has 2 heteroatoms. The van der Waals surface area contributed by atoms with Gasteiger partial charge in [0.2, 0.25) is 0 Å². The van der Waals surface area contributed by atoms with E-state index >= 15 is 0 Å². The van der Waals surface area contributed by atoms with Crippen molar-refractivity contribution in [1.29, 1.82) is 0 Å². The second kappa shape index (κ2) is 6.55. The maximum atomic E-state index is 3.63. The molecule has 1 atom stereocenters. The number of benzene rings is 1. The summed E-state index contributed by atoms with van der Waals surface area (Å²) in [6, 6.07) is 9.23. The molecule has 0 spiro atoms. The molecule has 1 aromatic carbocycles. The third-order valence-corrected chi connectivity index (χ3v) is 4.25. The minimum absolute atomic E-state index is 0.580. The average molecular weight is 296 g/mol. The van der Waals surface area contributed by atoms with Crippen LogP contribution in [0.1, 0.15) is 38.2 Å². The number of halogens is 1. The van der Waals surface area contributed by atoms with Gasteiger partial charge in [0.05, 0.1) is 0 Å². The van der Waals surface area contributed by atoms with Crippen LogP contribution in [0.15, 0.2) is 28.7 Å². The van der Waals surface area contributed by atoms with Crippen LogP contribution in [0.25, 0.3) is 0 Å². The van der Waals surface area contributed by atoms with Crippen molar-refractivity contribution in [3.8, 4) is 0 Å². The SMILES string of the molecule is CC(Cc1ccc(Br)cc1)NCCC1CCC1. The molecule has 17 heavy (non-hydrogen) atoms. The van der Waals surface area contributed by atoms with E-state index in [0.29, 0.717) is 6.04 Å². The first kappa shape index (κ1) is 13.1. The number of rotatable bonds is 6. The van der Waals surface area contributed by atoms with Gasteiger partial charge in [0.25, 0.3) is 0 Å². The molecule has 0 aromatic heterocycles. The average Bonchev–Trinajstić information content (AvgIpc) is 2.25. The number of hydrogen-bond acceptors (Lipinski definition) is 1. The van der Waals surface area contributed by atoms with Gasteiger partial charge in [-0.25, -0.2) is 0 Å². The minimum atomic E-state index is 0.580. The van der Waals surface area contributed by atoms with Gasteiger partial charge in [0, 0.05) is 10.5 Å². The lowest BCUT2D eigenvalue weighted by molar-refractivity contribution is 0.288. The van der Waals surface area contributed by atoms with E-state index in [2.05, 4.69) is 52.4 Å². The van der Waals surface area contributed by atoms with Crippen LogP contribution in [-0.4, -0.2) is 12.6 Å². The summed E-state index contributed by atoms with van der Waals surface area (Å²) in [6.07, 6.45) is 6.87. The maximum Gasteiger partial charge on any atom is 0.0175 e. The van der Waals surface area contributed by atoms with Gasteiger partial charge in [-0.15, -0.1) is 0 Å². The first-order valence-electron chi connectivity index (χ1n) is 6.72. The topological polar surface area (TPSA) is 12.0 Å². The predicted molar refractivity (Wildman–Crippen MR) is 77.3 cm³/mol. The molecule has 0 aliphatic heterocycles. The molecule has 0 heterocycles. The highest BCUT2D eigenvalue weighted by atomic mass is 79.9. The molecule has 1 unspecified atom stereocenters. The monoisotopic (exact) mass is 295 g/mol. The molecule has 0 bridgehead atoms. The molecular formula is C15H22BrN. The zero-order valence-electron chi connectivity index (χ0n) is 10.6. The molecule has 2 rings (SSSR count). The second-order valence-electron chi connectivity index (χ2n) is 5.27. The fourth-order valence-corrected chi connectivity index (χ4v) is 2.63. The molecular weight excluding hydrogens is 274 g/mol. The summed E-state index contributed by atoms with van der Waals surface area (Å²) in [5.74, 6) is 1.02. The Hall–Kier alpha value is -0.340. The van der Waals surface area contributed by atoms with Crippen molar-refractivity contribution in [2.75, 3.05) is 6.54 Å². The van der Waals surface area contributed by atoms with E-state index in [1.165, 1.54) is 37.8 Å². The lowest BCUT2D eigenvalue weighted by atomic mass is 9.83. The van der Waals surface area contributed by atoms with Crippen molar-refractivity contribution in [1.82, 2.24) is 5.32 Å². The number of nitrogens with one attached hydrogen (secondary N) is 1. The van der Waals surface area contributed by atoms with Crippen LogP contribution in [0.5, 0.6) is 0 Å². The van der Waals surface area contributed by atoms with E-state index in [4.69, 9.17) is 0 Å². The van der Waals surface area contributed by atoms with Gasteiger partial charge in [0.1, 0.15) is 0 Å². The summed E-state index contributed by atoms with van der Waals surface area (Å²) in [6.45, 7) is 3.46. The molecule has 1 aliphatic rings. The Morgan fingerprint density at radius 1 is 1.29 bits per heavy atom. The van der Waals surface area contributed by atoms with E-state index in [1.54, 1.807) is 0 Å². The van der Waals surface area contributed by atoms with Crippen LogP contribution < -0.4 is 5.32 Å². The summed E-state index contributed by atoms with van der Waals surface area (Å²) in [7, 11) is 0. The fourth-order valence-electron chi connectivity index (χ4n) is 2.36. The van der Waals surface area contributed by atoms with Gasteiger partial charge in [-0.1, -0.05) is 47.3 Å². The van der Waals surface area contributed by atoms with E-state index in [9.17, 15) is 0 Å². The predicted octanol–water partition coefficient (Wildman–Crippen LogP) is 4.16.